The van der Waals surface area contributed by atoms with Crippen molar-refractivity contribution in [3.63, 3.8) is 0 Å². The molecule has 0 aromatic heterocycles. The highest BCUT2D eigenvalue weighted by Crippen LogP contribution is 2.28. The molecule has 0 saturated carbocycles. The van der Waals surface area contributed by atoms with E-state index >= 15 is 0 Å². The van der Waals surface area contributed by atoms with Crippen molar-refractivity contribution in [1.82, 2.24) is 0 Å². The standard InChI is InChI=1S/C16H18ClNOS/c1-19-16-9-5-3-7-13(16)15(18)11-20-10-12-6-2-4-8-14(12)17/h2-9,15H,10-11,18H2,1H3. The lowest BCUT2D eigenvalue weighted by atomic mass is 10.1. The van der Waals surface area contributed by atoms with Crippen LogP contribution in [0.25, 0.3) is 0 Å². The highest BCUT2D eigenvalue weighted by molar-refractivity contribution is 7.98. The number of nitrogens with two attached hydrogens (primary N) is 1. The van der Waals surface area contributed by atoms with Crippen molar-refractivity contribution in [1.29, 1.82) is 0 Å². The van der Waals surface area contributed by atoms with Crippen LogP contribution in [-0.4, -0.2) is 12.9 Å². The van der Waals surface area contributed by atoms with Crippen LogP contribution in [0.1, 0.15) is 17.2 Å². The van der Waals surface area contributed by atoms with Crippen LogP contribution in [0.15, 0.2) is 48.5 Å². The average Bonchev–Trinajstić information content (AvgIpc) is 2.49. The Labute approximate surface area is 129 Å². The minimum Gasteiger partial charge on any atom is -0.496 e. The third kappa shape index (κ3) is 3.92. The van der Waals surface area contributed by atoms with Gasteiger partial charge in [-0.05, 0) is 17.7 Å². The Kier molecular flexibility index (Phi) is 5.77. The normalized spacial score (nSPS) is 12.2. The third-order valence-electron chi connectivity index (χ3n) is 3.05. The summed E-state index contributed by atoms with van der Waals surface area (Å²) >= 11 is 7.92. The molecule has 2 nitrogen and oxygen atoms in total. The molecule has 2 aromatic rings. The van der Waals surface area contributed by atoms with Gasteiger partial charge in [0.1, 0.15) is 5.75 Å². The van der Waals surface area contributed by atoms with Gasteiger partial charge in [-0.1, -0.05) is 48.0 Å². The van der Waals surface area contributed by atoms with Gasteiger partial charge >= 0.3 is 0 Å². The number of methoxy groups -OCH3 is 1. The van der Waals surface area contributed by atoms with Gasteiger partial charge < -0.3 is 10.5 Å². The maximum atomic E-state index is 6.24. The van der Waals surface area contributed by atoms with Gasteiger partial charge in [0.15, 0.2) is 0 Å². The molecule has 2 aromatic carbocycles. The molecule has 1 unspecified atom stereocenters. The van der Waals surface area contributed by atoms with Crippen LogP contribution >= 0.6 is 23.4 Å². The quantitative estimate of drug-likeness (QED) is 0.865. The van der Waals surface area contributed by atoms with Crippen LogP contribution in [0, 0.1) is 0 Å². The summed E-state index contributed by atoms with van der Waals surface area (Å²) in [5.41, 5.74) is 8.43. The number of para-hydroxylation sites is 1. The maximum Gasteiger partial charge on any atom is 0.123 e. The van der Waals surface area contributed by atoms with E-state index in [2.05, 4.69) is 0 Å². The van der Waals surface area contributed by atoms with Crippen LogP contribution in [0.4, 0.5) is 0 Å². The number of halogens is 1. The van der Waals surface area contributed by atoms with Crippen molar-refractivity contribution < 1.29 is 4.74 Å². The van der Waals surface area contributed by atoms with Gasteiger partial charge in [-0.15, -0.1) is 0 Å². The Morgan fingerprint density at radius 2 is 1.85 bits per heavy atom. The second-order valence-electron chi connectivity index (χ2n) is 4.45. The van der Waals surface area contributed by atoms with Crippen molar-refractivity contribution in [2.75, 3.05) is 12.9 Å². The molecule has 2 rings (SSSR count). The van der Waals surface area contributed by atoms with E-state index in [9.17, 15) is 0 Å². The first-order valence-corrected chi connectivity index (χ1v) is 7.95. The largest absolute Gasteiger partial charge is 0.496 e. The van der Waals surface area contributed by atoms with E-state index in [1.807, 2.05) is 48.5 Å². The summed E-state index contributed by atoms with van der Waals surface area (Å²) in [6, 6.07) is 15.7. The Bertz CT molecular complexity index is 562. The van der Waals surface area contributed by atoms with E-state index in [0.717, 1.165) is 33.4 Å². The minimum atomic E-state index is -0.0429. The second-order valence-corrected chi connectivity index (χ2v) is 5.89. The van der Waals surface area contributed by atoms with Crippen LogP contribution < -0.4 is 10.5 Å². The van der Waals surface area contributed by atoms with Crippen molar-refractivity contribution in [2.24, 2.45) is 5.73 Å². The highest BCUT2D eigenvalue weighted by atomic mass is 35.5. The van der Waals surface area contributed by atoms with Gasteiger partial charge in [0.2, 0.25) is 0 Å². The van der Waals surface area contributed by atoms with Gasteiger partial charge in [-0.2, -0.15) is 11.8 Å². The number of hydrogen-bond acceptors (Lipinski definition) is 3. The topological polar surface area (TPSA) is 35.2 Å². The molecule has 0 amide bonds. The summed E-state index contributed by atoms with van der Waals surface area (Å²) in [7, 11) is 1.67. The Morgan fingerprint density at radius 3 is 2.60 bits per heavy atom. The fourth-order valence-electron chi connectivity index (χ4n) is 1.97. The Balaban J connectivity index is 1.92. The summed E-state index contributed by atoms with van der Waals surface area (Å²) in [4.78, 5) is 0. The molecule has 0 aliphatic carbocycles. The molecule has 0 aliphatic rings. The third-order valence-corrected chi connectivity index (χ3v) is 4.53. The summed E-state index contributed by atoms with van der Waals surface area (Å²) in [6.07, 6.45) is 0. The molecule has 0 bridgehead atoms. The molecular weight excluding hydrogens is 290 g/mol. The molecule has 106 valence electrons. The van der Waals surface area contributed by atoms with Crippen LogP contribution in [0.3, 0.4) is 0 Å². The van der Waals surface area contributed by atoms with Crippen LogP contribution in [0.5, 0.6) is 5.75 Å². The number of ether oxygens (including phenoxy) is 1. The predicted octanol–water partition coefficient (Wildman–Crippen LogP) is 4.28. The number of thioether (sulfide) groups is 1. The first-order chi connectivity index (χ1) is 9.72. The van der Waals surface area contributed by atoms with Gasteiger partial charge in [-0.3, -0.25) is 0 Å². The summed E-state index contributed by atoms with van der Waals surface area (Å²) in [5, 5.41) is 0.811. The van der Waals surface area contributed by atoms with E-state index < -0.39 is 0 Å². The predicted molar refractivity (Wildman–Crippen MR) is 87.5 cm³/mol. The van der Waals surface area contributed by atoms with Gasteiger partial charge in [-0.25, -0.2) is 0 Å². The first-order valence-electron chi connectivity index (χ1n) is 6.42. The second kappa shape index (κ2) is 7.58. The molecule has 0 saturated heterocycles. The van der Waals surface area contributed by atoms with Gasteiger partial charge in [0, 0.05) is 28.1 Å². The fourth-order valence-corrected chi connectivity index (χ4v) is 3.28. The lowest BCUT2D eigenvalue weighted by Gasteiger charge is -2.15. The monoisotopic (exact) mass is 307 g/mol. The number of rotatable bonds is 6. The van der Waals surface area contributed by atoms with Crippen molar-refractivity contribution in [3.05, 3.63) is 64.7 Å². The molecule has 2 N–H and O–H groups in total. The summed E-state index contributed by atoms with van der Waals surface area (Å²) in [5.74, 6) is 2.53. The SMILES string of the molecule is COc1ccccc1C(N)CSCc1ccccc1Cl. The summed E-state index contributed by atoms with van der Waals surface area (Å²) < 4.78 is 5.34. The molecule has 0 radical (unpaired) electrons. The number of benzene rings is 2. The Morgan fingerprint density at radius 1 is 1.15 bits per heavy atom. The van der Waals surface area contributed by atoms with Crippen molar-refractivity contribution >= 4 is 23.4 Å². The van der Waals surface area contributed by atoms with Crippen LogP contribution in [0.2, 0.25) is 5.02 Å². The van der Waals surface area contributed by atoms with Crippen molar-refractivity contribution in [2.45, 2.75) is 11.8 Å². The molecule has 1 atom stereocenters. The van der Waals surface area contributed by atoms with E-state index in [-0.39, 0.29) is 6.04 Å². The lowest BCUT2D eigenvalue weighted by Crippen LogP contribution is -2.14. The minimum absolute atomic E-state index is 0.0429. The molecule has 0 spiro atoms. The smallest absolute Gasteiger partial charge is 0.123 e. The van der Waals surface area contributed by atoms with E-state index in [0.29, 0.717) is 0 Å². The molecule has 20 heavy (non-hydrogen) atoms. The van der Waals surface area contributed by atoms with E-state index in [4.69, 9.17) is 22.1 Å². The van der Waals surface area contributed by atoms with E-state index in [1.165, 1.54) is 0 Å². The highest BCUT2D eigenvalue weighted by Gasteiger charge is 2.11. The van der Waals surface area contributed by atoms with E-state index in [1.54, 1.807) is 18.9 Å². The zero-order valence-electron chi connectivity index (χ0n) is 11.4. The van der Waals surface area contributed by atoms with Gasteiger partial charge in [0.25, 0.3) is 0 Å². The molecule has 0 heterocycles. The molecular formula is C16H18ClNOS. The Hall–Kier alpha value is -1.16. The maximum absolute atomic E-state index is 6.24. The average molecular weight is 308 g/mol. The van der Waals surface area contributed by atoms with Crippen molar-refractivity contribution in [3.8, 4) is 5.75 Å². The number of hydrogen-bond donors (Lipinski definition) is 1. The van der Waals surface area contributed by atoms with Crippen LogP contribution in [-0.2, 0) is 5.75 Å². The first kappa shape index (κ1) is 15.2. The lowest BCUT2D eigenvalue weighted by molar-refractivity contribution is 0.407. The zero-order chi connectivity index (χ0) is 14.4. The zero-order valence-corrected chi connectivity index (χ0v) is 13.0. The molecule has 0 fully saturated rings. The molecule has 4 heteroatoms. The summed E-state index contributed by atoms with van der Waals surface area (Å²) in [6.45, 7) is 0. The molecule has 0 aliphatic heterocycles. The van der Waals surface area contributed by atoms with Gasteiger partial charge in [0.05, 0.1) is 7.11 Å². The fraction of sp³-hybridized carbons (Fsp3) is 0.250.